The molecule has 4 rings (SSSR count). The van der Waals surface area contributed by atoms with Crippen LogP contribution in [0.15, 0.2) is 34.3 Å². The second-order valence-corrected chi connectivity index (χ2v) is 10.2. The third-order valence-electron chi connectivity index (χ3n) is 5.59. The normalized spacial score (nSPS) is 18.1. The van der Waals surface area contributed by atoms with E-state index in [0.717, 1.165) is 54.4 Å². The molecule has 1 aromatic heterocycles. The van der Waals surface area contributed by atoms with Gasteiger partial charge in [0.2, 0.25) is 5.91 Å². The molecule has 1 saturated carbocycles. The molecule has 1 saturated heterocycles. The van der Waals surface area contributed by atoms with Crippen LogP contribution in [-0.2, 0) is 9.59 Å². The summed E-state index contributed by atoms with van der Waals surface area (Å²) in [7, 11) is 0. The van der Waals surface area contributed by atoms with Crippen molar-refractivity contribution in [2.75, 3.05) is 31.6 Å². The van der Waals surface area contributed by atoms with Crippen molar-refractivity contribution in [1.29, 1.82) is 0 Å². The van der Waals surface area contributed by atoms with Crippen LogP contribution in [0, 0.1) is 12.8 Å². The second kappa shape index (κ2) is 11.2. The number of nitrogens with one attached hydrogen (secondary N) is 2. The SMILES string of the molecule is CCN(CC)CCOc1ccc(N=C2NC(=O)C(=Cc3cnc(NC(=O)C4CC4)s3)S2)c(C)c1. The fourth-order valence-corrected chi connectivity index (χ4v) is 5.02. The summed E-state index contributed by atoms with van der Waals surface area (Å²) in [6.45, 7) is 9.81. The molecule has 0 unspecified atom stereocenters. The van der Waals surface area contributed by atoms with Gasteiger partial charge in [0, 0.05) is 18.7 Å². The molecule has 180 valence electrons. The number of aryl methyl sites for hydroxylation is 1. The van der Waals surface area contributed by atoms with Gasteiger partial charge in [-0.3, -0.25) is 9.59 Å². The van der Waals surface area contributed by atoms with Gasteiger partial charge in [-0.1, -0.05) is 25.2 Å². The molecular formula is C24H29N5O3S2. The van der Waals surface area contributed by atoms with Crippen LogP contribution in [0.1, 0.15) is 37.1 Å². The zero-order valence-electron chi connectivity index (χ0n) is 19.6. The lowest BCUT2D eigenvalue weighted by molar-refractivity contribution is -0.117. The number of aromatic nitrogens is 1. The van der Waals surface area contributed by atoms with Gasteiger partial charge in [0.25, 0.3) is 5.91 Å². The van der Waals surface area contributed by atoms with Gasteiger partial charge >= 0.3 is 0 Å². The molecule has 0 radical (unpaired) electrons. The second-order valence-electron chi connectivity index (χ2n) is 8.14. The highest BCUT2D eigenvalue weighted by Crippen LogP contribution is 2.33. The monoisotopic (exact) mass is 499 g/mol. The van der Waals surface area contributed by atoms with Gasteiger partial charge in [0.1, 0.15) is 12.4 Å². The van der Waals surface area contributed by atoms with Crippen molar-refractivity contribution in [2.24, 2.45) is 10.9 Å². The number of hydrogen-bond acceptors (Lipinski definition) is 8. The van der Waals surface area contributed by atoms with E-state index >= 15 is 0 Å². The number of ether oxygens (including phenoxy) is 1. The van der Waals surface area contributed by atoms with E-state index in [9.17, 15) is 9.59 Å². The number of amidine groups is 1. The molecule has 0 bridgehead atoms. The predicted molar refractivity (Wildman–Crippen MR) is 139 cm³/mol. The van der Waals surface area contributed by atoms with Crippen LogP contribution in [0.3, 0.4) is 0 Å². The molecule has 34 heavy (non-hydrogen) atoms. The first kappa shape index (κ1) is 24.4. The van der Waals surface area contributed by atoms with Crippen molar-refractivity contribution in [3.05, 3.63) is 39.7 Å². The average Bonchev–Trinajstić information content (AvgIpc) is 3.50. The Labute approximate surface area is 207 Å². The van der Waals surface area contributed by atoms with E-state index in [1.807, 2.05) is 25.1 Å². The van der Waals surface area contributed by atoms with Gasteiger partial charge in [-0.2, -0.15) is 0 Å². The molecule has 2 aromatic rings. The van der Waals surface area contributed by atoms with Crippen molar-refractivity contribution in [1.82, 2.24) is 15.2 Å². The van der Waals surface area contributed by atoms with Crippen LogP contribution in [0.4, 0.5) is 10.8 Å². The number of benzene rings is 1. The lowest BCUT2D eigenvalue weighted by Gasteiger charge is -2.18. The quantitative estimate of drug-likeness (QED) is 0.470. The zero-order chi connectivity index (χ0) is 24.1. The van der Waals surface area contributed by atoms with Crippen molar-refractivity contribution in [3.8, 4) is 5.75 Å². The van der Waals surface area contributed by atoms with Gasteiger partial charge in [0.15, 0.2) is 10.3 Å². The third-order valence-corrected chi connectivity index (χ3v) is 7.36. The number of nitrogens with zero attached hydrogens (tertiary/aromatic N) is 3. The number of carbonyl (C=O) groups is 2. The molecule has 0 spiro atoms. The molecule has 2 aliphatic rings. The highest BCUT2D eigenvalue weighted by atomic mass is 32.2. The van der Waals surface area contributed by atoms with Crippen LogP contribution < -0.4 is 15.4 Å². The number of likely N-dealkylation sites (N-methyl/N-ethyl adjacent to an activating group) is 1. The Kier molecular flexibility index (Phi) is 8.02. The molecule has 2 heterocycles. The lowest BCUT2D eigenvalue weighted by Crippen LogP contribution is -2.27. The van der Waals surface area contributed by atoms with E-state index in [2.05, 4.69) is 39.4 Å². The lowest BCUT2D eigenvalue weighted by atomic mass is 10.2. The first-order valence-corrected chi connectivity index (χ1v) is 13.1. The van der Waals surface area contributed by atoms with Crippen molar-refractivity contribution < 1.29 is 14.3 Å². The van der Waals surface area contributed by atoms with Gasteiger partial charge in [0.05, 0.1) is 15.5 Å². The molecule has 1 aliphatic carbocycles. The van der Waals surface area contributed by atoms with Crippen LogP contribution >= 0.6 is 23.1 Å². The average molecular weight is 500 g/mol. The van der Waals surface area contributed by atoms with E-state index in [4.69, 9.17) is 4.74 Å². The van der Waals surface area contributed by atoms with Crippen molar-refractivity contribution >= 4 is 57.0 Å². The molecule has 2 amide bonds. The summed E-state index contributed by atoms with van der Waals surface area (Å²) in [5, 5.41) is 6.73. The predicted octanol–water partition coefficient (Wildman–Crippen LogP) is 4.41. The standard InChI is InChI=1S/C24H29N5O3S2/c1-4-29(5-2)10-11-32-17-8-9-19(15(3)12-17)26-24-28-22(31)20(34-24)13-18-14-25-23(33-18)27-21(30)16-6-7-16/h8-9,12-14,16H,4-7,10-11H2,1-3H3,(H,25,27,30)(H,26,28,31). The third kappa shape index (κ3) is 6.46. The summed E-state index contributed by atoms with van der Waals surface area (Å²) >= 11 is 2.63. The molecule has 10 heteroatoms. The van der Waals surface area contributed by atoms with Crippen LogP contribution in [0.25, 0.3) is 6.08 Å². The number of aliphatic imine (C=N–C) groups is 1. The number of rotatable bonds is 10. The van der Waals surface area contributed by atoms with Gasteiger partial charge in [-0.05, 0) is 74.5 Å². The Hall–Kier alpha value is -2.69. The number of amides is 2. The maximum atomic E-state index is 12.4. The number of thiazole rings is 1. The van der Waals surface area contributed by atoms with Gasteiger partial charge < -0.3 is 20.3 Å². The van der Waals surface area contributed by atoms with E-state index in [1.54, 1.807) is 12.3 Å². The van der Waals surface area contributed by atoms with E-state index < -0.39 is 0 Å². The van der Waals surface area contributed by atoms with E-state index in [1.165, 1.54) is 23.1 Å². The Balaban J connectivity index is 1.36. The zero-order valence-corrected chi connectivity index (χ0v) is 21.2. The Morgan fingerprint density at radius 2 is 2.15 bits per heavy atom. The molecule has 8 nitrogen and oxygen atoms in total. The maximum absolute atomic E-state index is 12.4. The minimum Gasteiger partial charge on any atom is -0.492 e. The summed E-state index contributed by atoms with van der Waals surface area (Å²) in [4.78, 5) is 36.8. The van der Waals surface area contributed by atoms with E-state index in [0.29, 0.717) is 21.8 Å². The van der Waals surface area contributed by atoms with Gasteiger partial charge in [-0.15, -0.1) is 0 Å². The molecule has 2 N–H and O–H groups in total. The largest absolute Gasteiger partial charge is 0.492 e. The summed E-state index contributed by atoms with van der Waals surface area (Å²) in [6.07, 6.45) is 5.32. The Morgan fingerprint density at radius 1 is 1.35 bits per heavy atom. The van der Waals surface area contributed by atoms with E-state index in [-0.39, 0.29) is 17.7 Å². The fourth-order valence-electron chi connectivity index (χ4n) is 3.36. The first-order valence-electron chi connectivity index (χ1n) is 11.5. The summed E-state index contributed by atoms with van der Waals surface area (Å²) < 4.78 is 5.88. The Morgan fingerprint density at radius 3 is 2.85 bits per heavy atom. The molecule has 1 aliphatic heterocycles. The Bertz CT molecular complexity index is 1120. The van der Waals surface area contributed by atoms with Gasteiger partial charge in [-0.25, -0.2) is 9.98 Å². The minimum atomic E-state index is -0.199. The topological polar surface area (TPSA) is 95.9 Å². The summed E-state index contributed by atoms with van der Waals surface area (Å²) in [5.74, 6) is 0.755. The highest BCUT2D eigenvalue weighted by Gasteiger charge is 2.30. The summed E-state index contributed by atoms with van der Waals surface area (Å²) in [5.41, 5.74) is 1.75. The molecule has 1 aromatic carbocycles. The number of thioether (sulfide) groups is 1. The van der Waals surface area contributed by atoms with Crippen LogP contribution in [0.5, 0.6) is 5.75 Å². The number of anilines is 1. The molecule has 0 atom stereocenters. The first-order chi connectivity index (χ1) is 16.4. The van der Waals surface area contributed by atoms with Crippen LogP contribution in [-0.4, -0.2) is 53.1 Å². The maximum Gasteiger partial charge on any atom is 0.264 e. The fraction of sp³-hybridized carbons (Fsp3) is 0.417. The smallest absolute Gasteiger partial charge is 0.264 e. The molecule has 2 fully saturated rings. The molecular weight excluding hydrogens is 470 g/mol. The highest BCUT2D eigenvalue weighted by molar-refractivity contribution is 8.18. The van der Waals surface area contributed by atoms with Crippen LogP contribution in [0.2, 0.25) is 0 Å². The number of hydrogen-bond donors (Lipinski definition) is 2. The number of carbonyl (C=O) groups excluding carboxylic acids is 2. The van der Waals surface area contributed by atoms with Crippen molar-refractivity contribution in [3.63, 3.8) is 0 Å². The van der Waals surface area contributed by atoms with Crippen molar-refractivity contribution in [2.45, 2.75) is 33.6 Å². The summed E-state index contributed by atoms with van der Waals surface area (Å²) in [6, 6.07) is 5.78. The minimum absolute atomic E-state index is 0.0200.